The van der Waals surface area contributed by atoms with Gasteiger partial charge < -0.3 is 4.42 Å². The fourth-order valence-corrected chi connectivity index (χ4v) is 1.84. The van der Waals surface area contributed by atoms with E-state index in [1.807, 2.05) is 12.1 Å². The average Bonchev–Trinajstić information content (AvgIpc) is 2.47. The first-order chi connectivity index (χ1) is 9.28. The van der Waals surface area contributed by atoms with Crippen LogP contribution in [0.1, 0.15) is 5.56 Å². The highest BCUT2D eigenvalue weighted by molar-refractivity contribution is 5.74. The Labute approximate surface area is 108 Å². The summed E-state index contributed by atoms with van der Waals surface area (Å²) in [5.74, 6) is 0. The maximum Gasteiger partial charge on any atom is 0.363 e. The number of para-hydroxylation sites is 2. The molecule has 0 N–H and O–H groups in total. The number of fused-ring (bicyclic) bond motifs is 1. The van der Waals surface area contributed by atoms with Crippen LogP contribution in [-0.2, 0) is 0 Å². The van der Waals surface area contributed by atoms with E-state index in [2.05, 4.69) is 4.98 Å². The van der Waals surface area contributed by atoms with Crippen LogP contribution >= 0.6 is 0 Å². The maximum atomic E-state index is 11.9. The lowest BCUT2D eigenvalue weighted by atomic mass is 10.1. The molecule has 0 saturated carbocycles. The van der Waals surface area contributed by atoms with Gasteiger partial charge in [-0.25, -0.2) is 9.78 Å². The quantitative estimate of drug-likeness (QED) is 0.664. The van der Waals surface area contributed by atoms with E-state index in [0.717, 1.165) is 0 Å². The van der Waals surface area contributed by atoms with Crippen LogP contribution < -0.4 is 5.63 Å². The summed E-state index contributed by atoms with van der Waals surface area (Å²) in [6.07, 6.45) is 0. The molecule has 4 heteroatoms. The molecule has 0 aliphatic heterocycles. The van der Waals surface area contributed by atoms with Gasteiger partial charge in [0.25, 0.3) is 0 Å². The molecule has 4 nitrogen and oxygen atoms in total. The lowest BCUT2D eigenvalue weighted by molar-refractivity contribution is 0.558. The first-order valence-electron chi connectivity index (χ1n) is 5.68. The number of nitriles is 1. The van der Waals surface area contributed by atoms with Crippen molar-refractivity contribution in [1.29, 1.82) is 5.26 Å². The molecule has 0 aliphatic carbocycles. The summed E-state index contributed by atoms with van der Waals surface area (Å²) in [5.41, 5.74) is 2.03. The first-order valence-corrected chi connectivity index (χ1v) is 5.68. The predicted octanol–water partition coefficient (Wildman–Crippen LogP) is 2.73. The molecule has 0 fully saturated rings. The van der Waals surface area contributed by atoms with Crippen LogP contribution in [0.4, 0.5) is 0 Å². The summed E-state index contributed by atoms with van der Waals surface area (Å²) in [6.45, 7) is 0. The molecule has 0 spiro atoms. The maximum absolute atomic E-state index is 11.9. The molecule has 0 saturated heterocycles. The Bertz CT molecular complexity index is 842. The molecule has 0 amide bonds. The Kier molecular flexibility index (Phi) is 2.58. The van der Waals surface area contributed by atoms with Gasteiger partial charge >= 0.3 is 5.63 Å². The van der Waals surface area contributed by atoms with Gasteiger partial charge in [-0.15, -0.1) is 0 Å². The van der Waals surface area contributed by atoms with Crippen LogP contribution in [0.15, 0.2) is 57.7 Å². The van der Waals surface area contributed by atoms with Gasteiger partial charge in [0.05, 0.1) is 11.6 Å². The highest BCUT2D eigenvalue weighted by Gasteiger charge is 2.09. The van der Waals surface area contributed by atoms with Crippen molar-refractivity contribution in [2.75, 3.05) is 0 Å². The third-order valence-corrected chi connectivity index (χ3v) is 2.78. The minimum Gasteiger partial charge on any atom is -0.419 e. The molecule has 1 aromatic heterocycles. The largest absolute Gasteiger partial charge is 0.419 e. The summed E-state index contributed by atoms with van der Waals surface area (Å²) in [5, 5.41) is 8.75. The second-order valence-corrected chi connectivity index (χ2v) is 4.01. The number of nitrogens with zero attached hydrogens (tertiary/aromatic N) is 2. The first kappa shape index (κ1) is 11.2. The van der Waals surface area contributed by atoms with Crippen LogP contribution in [0.3, 0.4) is 0 Å². The minimum atomic E-state index is -0.483. The van der Waals surface area contributed by atoms with Crippen molar-refractivity contribution in [2.45, 2.75) is 0 Å². The highest BCUT2D eigenvalue weighted by atomic mass is 16.4. The van der Waals surface area contributed by atoms with E-state index in [-0.39, 0.29) is 5.69 Å². The zero-order valence-electron chi connectivity index (χ0n) is 9.83. The molecular formula is C15H8N2O2. The Balaban J connectivity index is 2.21. The molecule has 1 heterocycles. The van der Waals surface area contributed by atoms with Gasteiger partial charge in [-0.1, -0.05) is 24.3 Å². The van der Waals surface area contributed by atoms with Gasteiger partial charge in [0, 0.05) is 5.56 Å². The number of benzene rings is 2. The molecular weight excluding hydrogens is 240 g/mol. The predicted molar refractivity (Wildman–Crippen MR) is 70.4 cm³/mol. The van der Waals surface area contributed by atoms with Crippen LogP contribution in [0, 0.1) is 11.3 Å². The molecule has 3 rings (SSSR count). The third-order valence-electron chi connectivity index (χ3n) is 2.78. The molecule has 0 atom stereocenters. The third kappa shape index (κ3) is 1.98. The molecule has 2 aromatic carbocycles. The van der Waals surface area contributed by atoms with Crippen LogP contribution in [0.2, 0.25) is 0 Å². The van der Waals surface area contributed by atoms with E-state index in [0.29, 0.717) is 22.2 Å². The Morgan fingerprint density at radius 3 is 2.53 bits per heavy atom. The van der Waals surface area contributed by atoms with Crippen molar-refractivity contribution in [1.82, 2.24) is 4.98 Å². The van der Waals surface area contributed by atoms with Crippen LogP contribution in [-0.4, -0.2) is 4.98 Å². The Morgan fingerprint density at radius 1 is 1.05 bits per heavy atom. The van der Waals surface area contributed by atoms with Crippen molar-refractivity contribution >= 4 is 11.1 Å². The molecule has 3 aromatic rings. The van der Waals surface area contributed by atoms with E-state index < -0.39 is 5.63 Å². The number of hydrogen-bond acceptors (Lipinski definition) is 4. The molecule has 90 valence electrons. The van der Waals surface area contributed by atoms with Crippen molar-refractivity contribution < 1.29 is 4.42 Å². The van der Waals surface area contributed by atoms with Crippen molar-refractivity contribution in [3.63, 3.8) is 0 Å². The van der Waals surface area contributed by atoms with E-state index >= 15 is 0 Å². The topological polar surface area (TPSA) is 66.9 Å². The molecule has 0 unspecified atom stereocenters. The fraction of sp³-hybridized carbons (Fsp3) is 0. The molecule has 19 heavy (non-hydrogen) atoms. The Hall–Kier alpha value is -2.93. The van der Waals surface area contributed by atoms with Crippen molar-refractivity contribution in [2.24, 2.45) is 0 Å². The molecule has 0 aliphatic rings. The lowest BCUT2D eigenvalue weighted by Gasteiger charge is -2.01. The minimum absolute atomic E-state index is 0.253. The van der Waals surface area contributed by atoms with E-state index in [1.165, 1.54) is 0 Å². The van der Waals surface area contributed by atoms with Gasteiger partial charge in [0.2, 0.25) is 0 Å². The number of rotatable bonds is 1. The molecule has 0 bridgehead atoms. The average molecular weight is 248 g/mol. The normalized spacial score (nSPS) is 10.3. The summed E-state index contributed by atoms with van der Waals surface area (Å²) in [4.78, 5) is 16.2. The zero-order chi connectivity index (χ0) is 13.2. The molecule has 0 radical (unpaired) electrons. The van der Waals surface area contributed by atoms with E-state index in [4.69, 9.17) is 9.68 Å². The van der Waals surface area contributed by atoms with Gasteiger partial charge in [-0.2, -0.15) is 5.26 Å². The smallest absolute Gasteiger partial charge is 0.363 e. The number of aromatic nitrogens is 1. The SMILES string of the molecule is N#Cc1ccc(-c2nc3ccccc3oc2=O)cc1. The second kappa shape index (κ2) is 4.39. The monoisotopic (exact) mass is 248 g/mol. The van der Waals surface area contributed by atoms with Gasteiger partial charge in [0.1, 0.15) is 5.52 Å². The van der Waals surface area contributed by atoms with Gasteiger partial charge in [-0.3, -0.25) is 0 Å². The van der Waals surface area contributed by atoms with Crippen LogP contribution in [0.5, 0.6) is 0 Å². The van der Waals surface area contributed by atoms with E-state index in [1.54, 1.807) is 42.5 Å². The summed E-state index contributed by atoms with van der Waals surface area (Å²) in [7, 11) is 0. The van der Waals surface area contributed by atoms with Crippen molar-refractivity contribution in [3.8, 4) is 17.3 Å². The standard InChI is InChI=1S/C15H8N2O2/c16-9-10-5-7-11(8-6-10)14-15(18)19-13-4-2-1-3-12(13)17-14/h1-8H. The van der Waals surface area contributed by atoms with Crippen molar-refractivity contribution in [3.05, 3.63) is 64.5 Å². The highest BCUT2D eigenvalue weighted by Crippen LogP contribution is 2.17. The van der Waals surface area contributed by atoms with Crippen LogP contribution in [0.25, 0.3) is 22.4 Å². The fourth-order valence-electron chi connectivity index (χ4n) is 1.84. The van der Waals surface area contributed by atoms with E-state index in [9.17, 15) is 4.79 Å². The van der Waals surface area contributed by atoms with Gasteiger partial charge in [-0.05, 0) is 24.3 Å². The summed E-state index contributed by atoms with van der Waals surface area (Å²) >= 11 is 0. The Morgan fingerprint density at radius 2 is 1.79 bits per heavy atom. The van der Waals surface area contributed by atoms with Gasteiger partial charge in [0.15, 0.2) is 11.3 Å². The summed E-state index contributed by atoms with van der Waals surface area (Å²) in [6, 6.07) is 15.8. The lowest BCUT2D eigenvalue weighted by Crippen LogP contribution is -2.05. The number of hydrogen-bond donors (Lipinski definition) is 0. The second-order valence-electron chi connectivity index (χ2n) is 4.01. The summed E-state index contributed by atoms with van der Waals surface area (Å²) < 4.78 is 5.22. The zero-order valence-corrected chi connectivity index (χ0v) is 9.83.